The molecule has 4 atom stereocenters. The van der Waals surface area contributed by atoms with Gasteiger partial charge in [-0.05, 0) is 50.8 Å². The maximum absolute atomic E-state index is 13.4. The second-order valence-corrected chi connectivity index (χ2v) is 9.43. The third-order valence-electron chi connectivity index (χ3n) is 6.37. The Bertz CT molecular complexity index is 1260. The molecule has 13 nitrogen and oxygen atoms in total. The van der Waals surface area contributed by atoms with Gasteiger partial charge in [0.15, 0.2) is 0 Å². The zero-order valence-corrected chi connectivity index (χ0v) is 21.8. The Morgan fingerprint density at radius 3 is 2.38 bits per heavy atom. The number of carbonyl (C=O) groups excluding carboxylic acids is 3. The first kappa shape index (κ1) is 29.3. The summed E-state index contributed by atoms with van der Waals surface area (Å²) in [6.07, 6.45) is 6.48. The van der Waals surface area contributed by atoms with Gasteiger partial charge in [-0.15, -0.1) is 0 Å². The third-order valence-corrected chi connectivity index (χ3v) is 6.37. The van der Waals surface area contributed by atoms with Crippen LogP contribution in [0.2, 0.25) is 0 Å². The molecule has 13 heteroatoms. The largest absolute Gasteiger partial charge is 0.480 e. The van der Waals surface area contributed by atoms with Gasteiger partial charge in [0.05, 0.1) is 12.4 Å². The van der Waals surface area contributed by atoms with Gasteiger partial charge in [-0.2, -0.15) is 0 Å². The minimum absolute atomic E-state index is 0.0695. The van der Waals surface area contributed by atoms with Crippen LogP contribution in [0.5, 0.6) is 0 Å². The van der Waals surface area contributed by atoms with E-state index in [1.165, 1.54) is 19.4 Å². The number of carboxylic acid groups (broad SMARTS) is 1. The van der Waals surface area contributed by atoms with Crippen molar-refractivity contribution in [3.63, 3.8) is 0 Å². The lowest BCUT2D eigenvalue weighted by Crippen LogP contribution is -2.57. The van der Waals surface area contributed by atoms with Crippen LogP contribution in [0.15, 0.2) is 43.0 Å². The van der Waals surface area contributed by atoms with Gasteiger partial charge in [0.1, 0.15) is 18.1 Å². The molecule has 0 saturated heterocycles. The summed E-state index contributed by atoms with van der Waals surface area (Å²) in [7, 11) is 0. The molecule has 0 radical (unpaired) electrons. The maximum atomic E-state index is 13.4. The number of benzene rings is 1. The number of H-pyrrole nitrogens is 2. The number of carboxylic acids is 1. The quantitative estimate of drug-likeness (QED) is 0.119. The fourth-order valence-corrected chi connectivity index (χ4v) is 4.14. The molecular weight excluding hydrogens is 504 g/mol. The van der Waals surface area contributed by atoms with E-state index in [1.54, 1.807) is 6.20 Å². The number of nitrogens with zero attached hydrogens (tertiary/aromatic N) is 1. The molecule has 3 rings (SSSR count). The average Bonchev–Trinajstić information content (AvgIpc) is 3.57. The molecule has 2 heterocycles. The van der Waals surface area contributed by atoms with Gasteiger partial charge in [-0.1, -0.05) is 18.2 Å². The van der Waals surface area contributed by atoms with Crippen molar-refractivity contribution in [3.05, 3.63) is 54.2 Å². The summed E-state index contributed by atoms with van der Waals surface area (Å²) in [5, 5.41) is 17.9. The van der Waals surface area contributed by atoms with Gasteiger partial charge in [-0.3, -0.25) is 19.2 Å². The molecule has 1 aromatic carbocycles. The highest BCUT2D eigenvalue weighted by atomic mass is 16.4. The van der Waals surface area contributed by atoms with Crippen molar-refractivity contribution >= 4 is 34.6 Å². The van der Waals surface area contributed by atoms with Crippen molar-refractivity contribution in [2.24, 2.45) is 11.5 Å². The summed E-state index contributed by atoms with van der Waals surface area (Å²) >= 11 is 0. The Kier molecular flexibility index (Phi) is 10.6. The number of carbonyl (C=O) groups is 4. The van der Waals surface area contributed by atoms with Gasteiger partial charge >= 0.3 is 5.97 Å². The van der Waals surface area contributed by atoms with Crippen LogP contribution < -0.4 is 27.4 Å². The Morgan fingerprint density at radius 1 is 0.974 bits per heavy atom. The molecule has 0 spiro atoms. The topological polar surface area (TPSA) is 221 Å². The molecular formula is C26H36N8O5. The summed E-state index contributed by atoms with van der Waals surface area (Å²) in [6, 6.07) is 3.47. The fourth-order valence-electron chi connectivity index (χ4n) is 4.14. The zero-order valence-electron chi connectivity index (χ0n) is 21.8. The Labute approximate surface area is 225 Å². The molecule has 0 aliphatic heterocycles. The van der Waals surface area contributed by atoms with Crippen molar-refractivity contribution < 1.29 is 24.3 Å². The monoisotopic (exact) mass is 540 g/mol. The third kappa shape index (κ3) is 8.38. The SMILES string of the molecule is CC(NC(=O)C(CCCCN)NC(=O)C(Cc1cnc[nH]1)NC(=O)C(N)Cc1c[nH]c2ccccc12)C(=O)O. The number of aromatic amines is 2. The number of nitrogens with two attached hydrogens (primary N) is 2. The summed E-state index contributed by atoms with van der Waals surface area (Å²) in [4.78, 5) is 60.5. The zero-order chi connectivity index (χ0) is 28.4. The first-order valence-corrected chi connectivity index (χ1v) is 12.8. The van der Waals surface area contributed by atoms with Crippen LogP contribution >= 0.6 is 0 Å². The lowest BCUT2D eigenvalue weighted by Gasteiger charge is -2.24. The number of hydrogen-bond acceptors (Lipinski definition) is 7. The van der Waals surface area contributed by atoms with Crippen LogP contribution in [0.4, 0.5) is 0 Å². The van der Waals surface area contributed by atoms with Gasteiger partial charge in [0.2, 0.25) is 17.7 Å². The number of amides is 3. The fraction of sp³-hybridized carbons (Fsp3) is 0.423. The lowest BCUT2D eigenvalue weighted by molar-refractivity contribution is -0.141. The molecule has 210 valence electrons. The molecule has 4 unspecified atom stereocenters. The van der Waals surface area contributed by atoms with Gasteiger partial charge in [0, 0.05) is 35.4 Å². The normalized spacial score (nSPS) is 14.2. The summed E-state index contributed by atoms with van der Waals surface area (Å²) in [5.74, 6) is -3.00. The molecule has 0 aliphatic rings. The van der Waals surface area contributed by atoms with Crippen LogP contribution in [0.25, 0.3) is 10.9 Å². The molecule has 2 aromatic heterocycles. The Hall–Kier alpha value is -4.23. The van der Waals surface area contributed by atoms with Crippen molar-refractivity contribution in [1.29, 1.82) is 0 Å². The lowest BCUT2D eigenvalue weighted by atomic mass is 10.0. The average molecular weight is 541 g/mol. The van der Waals surface area contributed by atoms with Crippen LogP contribution in [-0.4, -0.2) is 74.5 Å². The molecule has 0 bridgehead atoms. The highest BCUT2D eigenvalue weighted by Gasteiger charge is 2.30. The second kappa shape index (κ2) is 14.1. The number of nitrogens with one attached hydrogen (secondary N) is 5. The molecule has 0 saturated carbocycles. The van der Waals surface area contributed by atoms with E-state index >= 15 is 0 Å². The van der Waals surface area contributed by atoms with Crippen LogP contribution in [0.1, 0.15) is 37.4 Å². The maximum Gasteiger partial charge on any atom is 0.325 e. The van der Waals surface area contributed by atoms with Crippen LogP contribution in [0.3, 0.4) is 0 Å². The number of aromatic nitrogens is 3. The summed E-state index contributed by atoms with van der Waals surface area (Å²) < 4.78 is 0. The molecule has 0 aliphatic carbocycles. The number of fused-ring (bicyclic) bond motifs is 1. The standard InChI is InChI=1S/C26H36N8O5/c1-15(26(38)39)32-24(36)21(8-4-5-9-27)33-25(37)22(11-17-13-29-14-31-17)34-23(35)19(28)10-16-12-30-20-7-3-2-6-18(16)20/h2-3,6-7,12-15,19,21-22,30H,4-5,8-11,27-28H2,1H3,(H,29,31)(H,32,36)(H,33,37)(H,34,35)(H,38,39). The minimum Gasteiger partial charge on any atom is -0.480 e. The van der Waals surface area contributed by atoms with Crippen molar-refractivity contribution in [3.8, 4) is 0 Å². The van der Waals surface area contributed by atoms with E-state index in [0.29, 0.717) is 25.1 Å². The predicted octanol–water partition coefficient (Wildman–Crippen LogP) is -0.309. The number of unbranched alkanes of at least 4 members (excludes halogenated alkanes) is 1. The van der Waals surface area contributed by atoms with Crippen molar-refractivity contribution in [1.82, 2.24) is 30.9 Å². The van der Waals surface area contributed by atoms with Crippen LogP contribution in [-0.2, 0) is 32.0 Å². The first-order chi connectivity index (χ1) is 18.7. The van der Waals surface area contributed by atoms with Gasteiger partial charge < -0.3 is 42.5 Å². The highest BCUT2D eigenvalue weighted by molar-refractivity contribution is 5.94. The van der Waals surface area contributed by atoms with E-state index in [9.17, 15) is 19.2 Å². The molecule has 10 N–H and O–H groups in total. The smallest absolute Gasteiger partial charge is 0.325 e. The minimum atomic E-state index is -1.20. The molecule has 39 heavy (non-hydrogen) atoms. The van der Waals surface area contributed by atoms with Crippen LogP contribution in [0, 0.1) is 0 Å². The van der Waals surface area contributed by atoms with Crippen molar-refractivity contribution in [2.45, 2.75) is 63.2 Å². The van der Waals surface area contributed by atoms with Crippen molar-refractivity contribution in [2.75, 3.05) is 6.54 Å². The summed E-state index contributed by atoms with van der Waals surface area (Å²) in [5.41, 5.74) is 14.2. The van der Waals surface area contributed by atoms with E-state index in [4.69, 9.17) is 16.6 Å². The van der Waals surface area contributed by atoms with E-state index in [1.807, 2.05) is 24.3 Å². The molecule has 0 fully saturated rings. The molecule has 3 amide bonds. The van der Waals surface area contributed by atoms with E-state index < -0.39 is 47.9 Å². The predicted molar refractivity (Wildman–Crippen MR) is 144 cm³/mol. The van der Waals surface area contributed by atoms with E-state index in [0.717, 1.165) is 16.5 Å². The summed E-state index contributed by atoms with van der Waals surface area (Å²) in [6.45, 7) is 1.73. The highest BCUT2D eigenvalue weighted by Crippen LogP contribution is 2.19. The van der Waals surface area contributed by atoms with E-state index in [2.05, 4.69) is 30.9 Å². The number of imidazole rings is 1. The number of hydrogen-bond donors (Lipinski definition) is 8. The van der Waals surface area contributed by atoms with Gasteiger partial charge in [0.25, 0.3) is 0 Å². The number of aliphatic carboxylic acids is 1. The van der Waals surface area contributed by atoms with E-state index in [-0.39, 0.29) is 19.3 Å². The van der Waals surface area contributed by atoms with Gasteiger partial charge in [-0.25, -0.2) is 4.98 Å². The number of para-hydroxylation sites is 1. The Morgan fingerprint density at radius 2 is 1.69 bits per heavy atom. The number of rotatable bonds is 15. The first-order valence-electron chi connectivity index (χ1n) is 12.8. The second-order valence-electron chi connectivity index (χ2n) is 9.43. The molecule has 3 aromatic rings. The Balaban J connectivity index is 1.72.